The van der Waals surface area contributed by atoms with Crippen molar-refractivity contribution in [2.75, 3.05) is 40.3 Å². The highest BCUT2D eigenvalue weighted by atomic mass is 15.2. The summed E-state index contributed by atoms with van der Waals surface area (Å²) in [5.41, 5.74) is 5.71. The molecule has 3 heteroatoms. The monoisotopic (exact) mass is 215 g/mol. The molecule has 92 valence electrons. The van der Waals surface area contributed by atoms with Crippen LogP contribution in [0.1, 0.15) is 27.2 Å². The van der Waals surface area contributed by atoms with Gasteiger partial charge in [0, 0.05) is 6.04 Å². The lowest BCUT2D eigenvalue weighted by atomic mass is 10.0. The third-order valence-electron chi connectivity index (χ3n) is 3.23. The smallest absolute Gasteiger partial charge is 0.0104 e. The minimum absolute atomic E-state index is 0.587. The minimum Gasteiger partial charge on any atom is -0.330 e. The lowest BCUT2D eigenvalue weighted by Gasteiger charge is -2.32. The molecule has 0 saturated heterocycles. The fourth-order valence-electron chi connectivity index (χ4n) is 1.80. The average Bonchev–Trinajstić information content (AvgIpc) is 2.22. The lowest BCUT2D eigenvalue weighted by Crippen LogP contribution is -2.41. The second kappa shape index (κ2) is 8.08. The molecule has 0 saturated carbocycles. The molecule has 0 aliphatic carbocycles. The number of nitrogens with two attached hydrogens (primary N) is 1. The summed E-state index contributed by atoms with van der Waals surface area (Å²) in [5, 5.41) is 0. The van der Waals surface area contributed by atoms with Crippen LogP contribution in [-0.2, 0) is 0 Å². The third kappa shape index (κ3) is 6.13. The van der Waals surface area contributed by atoms with Gasteiger partial charge in [0.25, 0.3) is 0 Å². The number of hydrogen-bond acceptors (Lipinski definition) is 3. The molecule has 0 aliphatic heterocycles. The highest BCUT2D eigenvalue weighted by Gasteiger charge is 2.17. The first kappa shape index (κ1) is 14.9. The van der Waals surface area contributed by atoms with Gasteiger partial charge < -0.3 is 15.5 Å². The first-order valence-electron chi connectivity index (χ1n) is 6.11. The van der Waals surface area contributed by atoms with E-state index in [0.29, 0.717) is 12.0 Å². The van der Waals surface area contributed by atoms with Crippen molar-refractivity contribution in [2.24, 2.45) is 11.7 Å². The molecule has 15 heavy (non-hydrogen) atoms. The number of hydrogen-bond donors (Lipinski definition) is 1. The van der Waals surface area contributed by atoms with Crippen molar-refractivity contribution in [3.63, 3.8) is 0 Å². The maximum absolute atomic E-state index is 5.71. The predicted octanol–water partition coefficient (Wildman–Crippen LogP) is 1.24. The molecule has 2 N–H and O–H groups in total. The van der Waals surface area contributed by atoms with Crippen LogP contribution in [0.15, 0.2) is 0 Å². The molecule has 0 radical (unpaired) electrons. The van der Waals surface area contributed by atoms with Gasteiger partial charge in [0.05, 0.1) is 0 Å². The normalized spacial score (nSPS) is 16.0. The van der Waals surface area contributed by atoms with Gasteiger partial charge in [-0.2, -0.15) is 0 Å². The van der Waals surface area contributed by atoms with Gasteiger partial charge >= 0.3 is 0 Å². The number of nitrogens with zero attached hydrogens (tertiary/aromatic N) is 2. The Morgan fingerprint density at radius 1 is 1.13 bits per heavy atom. The summed E-state index contributed by atoms with van der Waals surface area (Å²) in [7, 11) is 4.25. The Bertz CT molecular complexity index is 148. The molecular weight excluding hydrogens is 186 g/mol. The van der Waals surface area contributed by atoms with Crippen LogP contribution in [0, 0.1) is 5.92 Å². The van der Waals surface area contributed by atoms with Crippen molar-refractivity contribution in [1.82, 2.24) is 9.80 Å². The lowest BCUT2D eigenvalue weighted by molar-refractivity contribution is 0.165. The molecule has 0 fully saturated rings. The fourth-order valence-corrected chi connectivity index (χ4v) is 1.80. The summed E-state index contributed by atoms with van der Waals surface area (Å²) < 4.78 is 0. The summed E-state index contributed by atoms with van der Waals surface area (Å²) in [6.45, 7) is 11.0. The van der Waals surface area contributed by atoms with Crippen LogP contribution in [0.3, 0.4) is 0 Å². The first-order valence-corrected chi connectivity index (χ1v) is 6.11. The third-order valence-corrected chi connectivity index (χ3v) is 3.23. The summed E-state index contributed by atoms with van der Waals surface area (Å²) in [6.07, 6.45) is 1.24. The second-order valence-corrected chi connectivity index (χ2v) is 4.74. The van der Waals surface area contributed by atoms with E-state index < -0.39 is 0 Å². The Labute approximate surface area is 95.6 Å². The Morgan fingerprint density at radius 3 is 2.13 bits per heavy atom. The summed E-state index contributed by atoms with van der Waals surface area (Å²) >= 11 is 0. The van der Waals surface area contributed by atoms with Gasteiger partial charge in [0.15, 0.2) is 0 Å². The van der Waals surface area contributed by atoms with E-state index in [1.807, 2.05) is 0 Å². The molecule has 0 spiro atoms. The number of rotatable bonds is 8. The highest BCUT2D eigenvalue weighted by molar-refractivity contribution is 4.72. The highest BCUT2D eigenvalue weighted by Crippen LogP contribution is 2.09. The van der Waals surface area contributed by atoms with Crippen molar-refractivity contribution in [1.29, 1.82) is 0 Å². The largest absolute Gasteiger partial charge is 0.330 e. The van der Waals surface area contributed by atoms with Gasteiger partial charge in [-0.15, -0.1) is 0 Å². The van der Waals surface area contributed by atoms with E-state index in [2.05, 4.69) is 44.7 Å². The van der Waals surface area contributed by atoms with E-state index in [0.717, 1.165) is 13.1 Å². The van der Waals surface area contributed by atoms with E-state index in [1.54, 1.807) is 0 Å². The van der Waals surface area contributed by atoms with Gasteiger partial charge in [-0.3, -0.25) is 0 Å². The predicted molar refractivity (Wildman–Crippen MR) is 68.1 cm³/mol. The van der Waals surface area contributed by atoms with Gasteiger partial charge in [0.2, 0.25) is 0 Å². The van der Waals surface area contributed by atoms with Crippen molar-refractivity contribution >= 4 is 0 Å². The molecule has 0 rings (SSSR count). The van der Waals surface area contributed by atoms with Crippen molar-refractivity contribution in [3.8, 4) is 0 Å². The van der Waals surface area contributed by atoms with E-state index in [4.69, 9.17) is 5.73 Å². The molecule has 2 unspecified atom stereocenters. The molecule has 0 bridgehead atoms. The summed E-state index contributed by atoms with van der Waals surface area (Å²) in [6, 6.07) is 0.599. The fraction of sp³-hybridized carbons (Fsp3) is 1.00. The Morgan fingerprint density at radius 2 is 1.73 bits per heavy atom. The standard InChI is InChI=1S/C12H29N3/c1-6-15(9-7-8-14(4)5)12(3)11(2)10-13/h11-12H,6-10,13H2,1-5H3. The van der Waals surface area contributed by atoms with Gasteiger partial charge in [-0.25, -0.2) is 0 Å². The average molecular weight is 215 g/mol. The molecule has 3 nitrogen and oxygen atoms in total. The van der Waals surface area contributed by atoms with E-state index in [1.165, 1.54) is 19.5 Å². The van der Waals surface area contributed by atoms with Crippen LogP contribution in [0.4, 0.5) is 0 Å². The maximum Gasteiger partial charge on any atom is 0.0104 e. The van der Waals surface area contributed by atoms with Crippen LogP contribution >= 0.6 is 0 Å². The van der Waals surface area contributed by atoms with Crippen LogP contribution in [0.25, 0.3) is 0 Å². The molecule has 2 atom stereocenters. The Kier molecular flexibility index (Phi) is 8.02. The molecule has 0 amide bonds. The van der Waals surface area contributed by atoms with Crippen LogP contribution in [0.5, 0.6) is 0 Å². The summed E-state index contributed by atoms with van der Waals surface area (Å²) in [4.78, 5) is 4.77. The van der Waals surface area contributed by atoms with Crippen molar-refractivity contribution < 1.29 is 0 Å². The minimum atomic E-state index is 0.587. The van der Waals surface area contributed by atoms with Crippen molar-refractivity contribution in [2.45, 2.75) is 33.2 Å². The van der Waals surface area contributed by atoms with Gasteiger partial charge in [0.1, 0.15) is 0 Å². The van der Waals surface area contributed by atoms with Gasteiger partial charge in [-0.05, 0) is 59.5 Å². The van der Waals surface area contributed by atoms with Crippen LogP contribution in [-0.4, -0.2) is 56.1 Å². The zero-order valence-electron chi connectivity index (χ0n) is 11.2. The second-order valence-electron chi connectivity index (χ2n) is 4.74. The quantitative estimate of drug-likeness (QED) is 0.661. The SMILES string of the molecule is CCN(CCCN(C)C)C(C)C(C)CN. The molecular formula is C12H29N3. The maximum atomic E-state index is 5.71. The Balaban J connectivity index is 3.90. The molecule has 0 aliphatic rings. The van der Waals surface area contributed by atoms with E-state index in [-0.39, 0.29) is 0 Å². The zero-order chi connectivity index (χ0) is 11.8. The van der Waals surface area contributed by atoms with E-state index >= 15 is 0 Å². The van der Waals surface area contributed by atoms with Crippen LogP contribution in [0.2, 0.25) is 0 Å². The van der Waals surface area contributed by atoms with Crippen LogP contribution < -0.4 is 5.73 Å². The molecule has 0 aromatic heterocycles. The van der Waals surface area contributed by atoms with E-state index in [9.17, 15) is 0 Å². The molecule has 0 aromatic carbocycles. The summed E-state index contributed by atoms with van der Waals surface area (Å²) in [5.74, 6) is 0.587. The van der Waals surface area contributed by atoms with Gasteiger partial charge in [-0.1, -0.05) is 13.8 Å². The molecule has 0 aromatic rings. The molecule has 0 heterocycles. The zero-order valence-corrected chi connectivity index (χ0v) is 11.2. The first-order chi connectivity index (χ1) is 7.02. The topological polar surface area (TPSA) is 32.5 Å². The Hall–Kier alpha value is -0.120. The van der Waals surface area contributed by atoms with Crippen molar-refractivity contribution in [3.05, 3.63) is 0 Å².